The van der Waals surface area contributed by atoms with Gasteiger partial charge in [-0.3, -0.25) is 0 Å². The maximum Gasteiger partial charge on any atom is 0.261 e. The van der Waals surface area contributed by atoms with E-state index in [0.29, 0.717) is 5.92 Å². The highest BCUT2D eigenvalue weighted by Gasteiger charge is 2.25. The minimum absolute atomic E-state index is 0.520. The molecule has 0 spiro atoms. The molecule has 0 saturated heterocycles. The third-order valence-corrected chi connectivity index (χ3v) is 7.87. The third kappa shape index (κ3) is 10.1. The molecule has 3 rings (SSSR count). The second kappa shape index (κ2) is 17.2. The van der Waals surface area contributed by atoms with Crippen LogP contribution in [0.2, 0.25) is 0 Å². The summed E-state index contributed by atoms with van der Waals surface area (Å²) in [6.45, 7) is 9.29. The van der Waals surface area contributed by atoms with E-state index in [9.17, 15) is 0 Å². The quantitative estimate of drug-likeness (QED) is 0.114. The van der Waals surface area contributed by atoms with E-state index in [1.165, 1.54) is 99.7 Å². The van der Waals surface area contributed by atoms with Gasteiger partial charge in [0.15, 0.2) is 0 Å². The summed E-state index contributed by atoms with van der Waals surface area (Å²) in [5, 5.41) is 0. The van der Waals surface area contributed by atoms with Crippen LogP contribution in [-0.2, 0) is 25.9 Å². The van der Waals surface area contributed by atoms with Crippen molar-refractivity contribution in [3.8, 4) is 0 Å². The molecular formula is C35H53N2+. The van der Waals surface area contributed by atoms with Crippen molar-refractivity contribution in [1.29, 1.82) is 0 Å². The summed E-state index contributed by atoms with van der Waals surface area (Å²) in [4.78, 5) is 0. The minimum atomic E-state index is 0.520. The van der Waals surface area contributed by atoms with Crippen molar-refractivity contribution < 1.29 is 4.57 Å². The number of hydrogen-bond donors (Lipinski definition) is 0. The Morgan fingerprint density at radius 3 is 1.89 bits per heavy atom. The molecule has 1 aromatic heterocycles. The number of aryl methyl sites for hydroxylation is 1. The number of hydrogen-bond acceptors (Lipinski definition) is 0. The number of rotatable bonds is 19. The SMILES string of the molecule is CCCCCCCCC[n+]1c(CC(C)c2ccccc2)cn(CCCCCCC)c1Cc1ccccc1. The van der Waals surface area contributed by atoms with Crippen LogP contribution in [0.3, 0.4) is 0 Å². The molecule has 1 unspecified atom stereocenters. The Morgan fingerprint density at radius 2 is 1.24 bits per heavy atom. The monoisotopic (exact) mass is 501 g/mol. The van der Waals surface area contributed by atoms with E-state index in [-0.39, 0.29) is 0 Å². The summed E-state index contributed by atoms with van der Waals surface area (Å²) >= 11 is 0. The molecule has 2 heteroatoms. The maximum absolute atomic E-state index is 2.71. The first-order valence-corrected chi connectivity index (χ1v) is 15.4. The molecule has 0 bridgehead atoms. The van der Waals surface area contributed by atoms with Gasteiger partial charge in [0, 0.05) is 6.42 Å². The Balaban J connectivity index is 1.81. The molecule has 0 aliphatic carbocycles. The van der Waals surface area contributed by atoms with Crippen LogP contribution in [0.4, 0.5) is 0 Å². The summed E-state index contributed by atoms with van der Waals surface area (Å²) < 4.78 is 5.33. The van der Waals surface area contributed by atoms with Crippen molar-refractivity contribution in [2.24, 2.45) is 0 Å². The lowest BCUT2D eigenvalue weighted by atomic mass is 9.96. The summed E-state index contributed by atoms with van der Waals surface area (Å²) in [5.41, 5.74) is 4.38. The molecule has 0 aliphatic rings. The van der Waals surface area contributed by atoms with Crippen molar-refractivity contribution in [3.63, 3.8) is 0 Å². The van der Waals surface area contributed by atoms with Gasteiger partial charge in [-0.25, -0.2) is 9.13 Å². The Bertz CT molecular complexity index is 973. The fourth-order valence-corrected chi connectivity index (χ4v) is 5.58. The molecule has 0 N–H and O–H groups in total. The normalized spacial score (nSPS) is 12.2. The Kier molecular flexibility index (Phi) is 13.6. The standard InChI is InChI=1S/C35H53N2/c1-4-6-8-10-11-13-21-27-37-34(28-31(3)33-24-18-15-19-25-33)30-36(26-20-12-9-7-5-2)35(37)29-32-22-16-14-17-23-32/h14-19,22-25,30-31H,4-13,20-21,26-29H2,1-3H3/q+1. The van der Waals surface area contributed by atoms with Gasteiger partial charge in [0.1, 0.15) is 11.9 Å². The molecule has 0 radical (unpaired) electrons. The van der Waals surface area contributed by atoms with E-state index in [2.05, 4.69) is 96.8 Å². The maximum atomic E-state index is 2.71. The molecule has 2 nitrogen and oxygen atoms in total. The first-order valence-electron chi connectivity index (χ1n) is 15.4. The van der Waals surface area contributed by atoms with Crippen LogP contribution in [0.15, 0.2) is 66.9 Å². The van der Waals surface area contributed by atoms with Gasteiger partial charge in [0.2, 0.25) is 0 Å². The van der Waals surface area contributed by atoms with Crippen LogP contribution in [0, 0.1) is 0 Å². The number of aromatic nitrogens is 2. The fourth-order valence-electron chi connectivity index (χ4n) is 5.58. The molecule has 0 aliphatic heterocycles. The predicted octanol–water partition coefficient (Wildman–Crippen LogP) is 9.43. The smallest absolute Gasteiger partial charge is 0.234 e. The summed E-state index contributed by atoms with van der Waals surface area (Å²) in [6, 6.07) is 22.2. The summed E-state index contributed by atoms with van der Waals surface area (Å²) in [5.74, 6) is 2.02. The molecule has 0 saturated carbocycles. The second-order valence-corrected chi connectivity index (χ2v) is 11.1. The van der Waals surface area contributed by atoms with Crippen molar-refractivity contribution in [3.05, 3.63) is 89.5 Å². The van der Waals surface area contributed by atoms with E-state index >= 15 is 0 Å². The van der Waals surface area contributed by atoms with Crippen LogP contribution in [0.25, 0.3) is 0 Å². The molecule has 0 amide bonds. The Labute approximate surface area is 228 Å². The molecule has 0 fully saturated rings. The summed E-state index contributed by atoms with van der Waals surface area (Å²) in [7, 11) is 0. The molecule has 2 aromatic carbocycles. The predicted molar refractivity (Wildman–Crippen MR) is 159 cm³/mol. The number of imidazole rings is 1. The van der Waals surface area contributed by atoms with Crippen molar-refractivity contribution in [1.82, 2.24) is 4.57 Å². The van der Waals surface area contributed by atoms with Crippen LogP contribution in [0.5, 0.6) is 0 Å². The average Bonchev–Trinajstić information content (AvgIpc) is 3.24. The lowest BCUT2D eigenvalue weighted by Crippen LogP contribution is -2.41. The topological polar surface area (TPSA) is 8.81 Å². The number of unbranched alkanes of at least 4 members (excludes halogenated alkanes) is 10. The van der Waals surface area contributed by atoms with E-state index in [4.69, 9.17) is 0 Å². The highest BCUT2D eigenvalue weighted by Crippen LogP contribution is 2.21. The van der Waals surface area contributed by atoms with Gasteiger partial charge >= 0.3 is 0 Å². The van der Waals surface area contributed by atoms with E-state index in [0.717, 1.165) is 25.9 Å². The van der Waals surface area contributed by atoms with Gasteiger partial charge < -0.3 is 0 Å². The third-order valence-electron chi connectivity index (χ3n) is 7.87. The van der Waals surface area contributed by atoms with Gasteiger partial charge in [-0.1, -0.05) is 133 Å². The van der Waals surface area contributed by atoms with Gasteiger partial charge in [0.05, 0.1) is 19.5 Å². The van der Waals surface area contributed by atoms with Crippen LogP contribution >= 0.6 is 0 Å². The molecule has 202 valence electrons. The van der Waals surface area contributed by atoms with Gasteiger partial charge in [-0.15, -0.1) is 0 Å². The lowest BCUT2D eigenvalue weighted by Gasteiger charge is -2.12. The summed E-state index contributed by atoms with van der Waals surface area (Å²) in [6.07, 6.45) is 20.8. The first-order chi connectivity index (χ1) is 18.2. The second-order valence-electron chi connectivity index (χ2n) is 11.1. The highest BCUT2D eigenvalue weighted by atomic mass is 15.2. The zero-order chi connectivity index (χ0) is 26.1. The average molecular weight is 502 g/mol. The molecular weight excluding hydrogens is 448 g/mol. The number of benzene rings is 2. The lowest BCUT2D eigenvalue weighted by molar-refractivity contribution is -0.710. The van der Waals surface area contributed by atoms with Crippen molar-refractivity contribution in [2.45, 2.75) is 130 Å². The molecule has 3 aromatic rings. The zero-order valence-electron chi connectivity index (χ0n) is 24.1. The zero-order valence-corrected chi connectivity index (χ0v) is 24.1. The Hall–Kier alpha value is -2.35. The van der Waals surface area contributed by atoms with Gasteiger partial charge in [-0.2, -0.15) is 0 Å². The van der Waals surface area contributed by atoms with Gasteiger partial charge in [0.25, 0.3) is 5.82 Å². The molecule has 1 atom stereocenters. The van der Waals surface area contributed by atoms with Gasteiger partial charge in [-0.05, 0) is 42.7 Å². The molecule has 1 heterocycles. The number of nitrogens with zero attached hydrogens (tertiary/aromatic N) is 2. The largest absolute Gasteiger partial charge is 0.261 e. The van der Waals surface area contributed by atoms with Crippen LogP contribution in [-0.4, -0.2) is 4.57 Å². The minimum Gasteiger partial charge on any atom is -0.234 e. The van der Waals surface area contributed by atoms with E-state index in [1.807, 2.05) is 0 Å². The fraction of sp³-hybridized carbons (Fsp3) is 0.571. The molecule has 37 heavy (non-hydrogen) atoms. The first kappa shape index (κ1) is 29.2. The van der Waals surface area contributed by atoms with Crippen LogP contribution < -0.4 is 4.57 Å². The Morgan fingerprint density at radius 1 is 0.676 bits per heavy atom. The van der Waals surface area contributed by atoms with Crippen LogP contribution in [0.1, 0.15) is 126 Å². The highest BCUT2D eigenvalue weighted by molar-refractivity contribution is 5.21. The van der Waals surface area contributed by atoms with Crippen molar-refractivity contribution >= 4 is 0 Å². The van der Waals surface area contributed by atoms with E-state index < -0.39 is 0 Å². The van der Waals surface area contributed by atoms with Crippen molar-refractivity contribution in [2.75, 3.05) is 0 Å². The van der Waals surface area contributed by atoms with E-state index in [1.54, 1.807) is 0 Å².